The van der Waals surface area contributed by atoms with Crippen molar-refractivity contribution in [3.05, 3.63) is 28.7 Å². The van der Waals surface area contributed by atoms with Crippen molar-refractivity contribution in [1.82, 2.24) is 4.31 Å². The van der Waals surface area contributed by atoms with Gasteiger partial charge >= 0.3 is 5.97 Å². The lowest BCUT2D eigenvalue weighted by molar-refractivity contribution is -0.137. The lowest BCUT2D eigenvalue weighted by Crippen LogP contribution is -2.38. The maximum absolute atomic E-state index is 12.4. The van der Waals surface area contributed by atoms with Crippen LogP contribution in [0.1, 0.15) is 13.8 Å². The molecule has 19 heavy (non-hydrogen) atoms. The van der Waals surface area contributed by atoms with Gasteiger partial charge in [0.1, 0.15) is 6.54 Å². The Bertz CT molecular complexity index is 557. The van der Waals surface area contributed by atoms with Crippen molar-refractivity contribution in [3.8, 4) is 0 Å². The molecule has 1 N–H and O–H groups in total. The average molecular weight is 350 g/mol. The summed E-state index contributed by atoms with van der Waals surface area (Å²) in [7, 11) is -3.79. The first-order valence-electron chi connectivity index (χ1n) is 5.71. The van der Waals surface area contributed by atoms with Gasteiger partial charge in [0.15, 0.2) is 0 Å². The van der Waals surface area contributed by atoms with Crippen LogP contribution in [0.3, 0.4) is 0 Å². The van der Waals surface area contributed by atoms with Gasteiger partial charge in [-0.25, -0.2) is 8.42 Å². The second-order valence-electron chi connectivity index (χ2n) is 4.54. The third-order valence-electron chi connectivity index (χ3n) is 2.31. The fourth-order valence-electron chi connectivity index (χ4n) is 1.58. The molecule has 0 aliphatic rings. The molecule has 0 spiro atoms. The van der Waals surface area contributed by atoms with E-state index in [1.165, 1.54) is 12.1 Å². The van der Waals surface area contributed by atoms with Crippen LogP contribution in [-0.2, 0) is 14.8 Å². The fourth-order valence-corrected chi connectivity index (χ4v) is 3.73. The number of aliphatic carboxylic acids is 1. The molecule has 1 aromatic rings. The smallest absolute Gasteiger partial charge is 0.318 e. The van der Waals surface area contributed by atoms with E-state index in [0.29, 0.717) is 4.47 Å². The van der Waals surface area contributed by atoms with E-state index >= 15 is 0 Å². The van der Waals surface area contributed by atoms with Crippen LogP contribution in [0.2, 0.25) is 0 Å². The maximum atomic E-state index is 12.4. The Morgan fingerprint density at radius 2 is 2.05 bits per heavy atom. The summed E-state index contributed by atoms with van der Waals surface area (Å²) in [6, 6.07) is 6.23. The van der Waals surface area contributed by atoms with Gasteiger partial charge in [0, 0.05) is 11.0 Å². The second-order valence-corrected chi connectivity index (χ2v) is 7.40. The molecule has 0 bridgehead atoms. The molecule has 0 saturated carbocycles. The molecule has 106 valence electrons. The van der Waals surface area contributed by atoms with Crippen molar-refractivity contribution in [3.63, 3.8) is 0 Å². The van der Waals surface area contributed by atoms with E-state index in [0.717, 1.165) is 4.31 Å². The van der Waals surface area contributed by atoms with Crippen LogP contribution in [0.4, 0.5) is 0 Å². The molecule has 0 aliphatic heterocycles. The lowest BCUT2D eigenvalue weighted by Gasteiger charge is -2.22. The van der Waals surface area contributed by atoms with Gasteiger partial charge in [-0.2, -0.15) is 4.31 Å². The summed E-state index contributed by atoms with van der Waals surface area (Å²) in [4.78, 5) is 10.9. The van der Waals surface area contributed by atoms with Gasteiger partial charge in [0.05, 0.1) is 4.90 Å². The van der Waals surface area contributed by atoms with Gasteiger partial charge in [-0.15, -0.1) is 0 Å². The van der Waals surface area contributed by atoms with E-state index < -0.39 is 22.5 Å². The molecule has 0 heterocycles. The zero-order valence-corrected chi connectivity index (χ0v) is 13.1. The number of halogens is 1. The van der Waals surface area contributed by atoms with E-state index in [2.05, 4.69) is 15.9 Å². The fraction of sp³-hybridized carbons (Fsp3) is 0.417. The van der Waals surface area contributed by atoms with E-state index in [-0.39, 0.29) is 17.4 Å². The minimum Gasteiger partial charge on any atom is -0.480 e. The quantitative estimate of drug-likeness (QED) is 0.853. The number of sulfonamides is 1. The topological polar surface area (TPSA) is 74.7 Å². The van der Waals surface area contributed by atoms with Gasteiger partial charge in [-0.05, 0) is 24.1 Å². The van der Waals surface area contributed by atoms with Crippen LogP contribution in [0.15, 0.2) is 33.6 Å². The van der Waals surface area contributed by atoms with Crippen LogP contribution in [-0.4, -0.2) is 36.9 Å². The zero-order chi connectivity index (χ0) is 14.6. The first-order valence-corrected chi connectivity index (χ1v) is 7.94. The molecule has 7 heteroatoms. The van der Waals surface area contributed by atoms with E-state index in [4.69, 9.17) is 5.11 Å². The number of carboxylic acid groups (broad SMARTS) is 1. The second kappa shape index (κ2) is 6.49. The zero-order valence-electron chi connectivity index (χ0n) is 10.7. The predicted octanol–water partition coefficient (Wildman–Crippen LogP) is 2.18. The first-order chi connectivity index (χ1) is 8.73. The number of carboxylic acids is 1. The van der Waals surface area contributed by atoms with Crippen molar-refractivity contribution in [1.29, 1.82) is 0 Å². The first kappa shape index (κ1) is 16.1. The van der Waals surface area contributed by atoms with Gasteiger partial charge in [0.25, 0.3) is 0 Å². The lowest BCUT2D eigenvalue weighted by atomic mass is 10.2. The van der Waals surface area contributed by atoms with E-state index in [9.17, 15) is 13.2 Å². The molecule has 0 saturated heterocycles. The maximum Gasteiger partial charge on any atom is 0.318 e. The van der Waals surface area contributed by atoms with Gasteiger partial charge < -0.3 is 5.11 Å². The summed E-state index contributed by atoms with van der Waals surface area (Å²) in [5, 5.41) is 8.85. The number of carbonyl (C=O) groups is 1. The van der Waals surface area contributed by atoms with Gasteiger partial charge in [0.2, 0.25) is 10.0 Å². The third-order valence-corrected chi connectivity index (χ3v) is 4.62. The Morgan fingerprint density at radius 1 is 1.42 bits per heavy atom. The van der Waals surface area contributed by atoms with Crippen LogP contribution >= 0.6 is 15.9 Å². The van der Waals surface area contributed by atoms with Crippen molar-refractivity contribution in [2.24, 2.45) is 5.92 Å². The average Bonchev–Trinajstić information content (AvgIpc) is 2.26. The highest BCUT2D eigenvalue weighted by Crippen LogP contribution is 2.20. The molecular weight excluding hydrogens is 334 g/mol. The van der Waals surface area contributed by atoms with Gasteiger partial charge in [-0.3, -0.25) is 4.79 Å². The summed E-state index contributed by atoms with van der Waals surface area (Å²) in [6.07, 6.45) is 0. The van der Waals surface area contributed by atoms with Crippen LogP contribution in [0.5, 0.6) is 0 Å². The normalized spacial score (nSPS) is 12.1. The Labute approximate surface area is 121 Å². The SMILES string of the molecule is CC(C)CN(CC(=O)O)S(=O)(=O)c1cccc(Br)c1. The summed E-state index contributed by atoms with van der Waals surface area (Å²) in [6.45, 7) is 3.31. The number of rotatable bonds is 6. The molecule has 0 fully saturated rings. The Hall–Kier alpha value is -0.920. The number of benzene rings is 1. The number of hydrogen-bond acceptors (Lipinski definition) is 3. The molecule has 0 unspecified atom stereocenters. The molecule has 0 aliphatic carbocycles. The molecule has 0 radical (unpaired) electrons. The molecule has 5 nitrogen and oxygen atoms in total. The number of hydrogen-bond donors (Lipinski definition) is 1. The molecule has 0 aromatic heterocycles. The molecule has 1 aromatic carbocycles. The summed E-state index contributed by atoms with van der Waals surface area (Å²) >= 11 is 3.21. The summed E-state index contributed by atoms with van der Waals surface area (Å²) < 4.78 is 26.4. The van der Waals surface area contributed by atoms with Crippen LogP contribution in [0.25, 0.3) is 0 Å². The van der Waals surface area contributed by atoms with Crippen LogP contribution in [0, 0.1) is 5.92 Å². The highest BCUT2D eigenvalue weighted by Gasteiger charge is 2.27. The Morgan fingerprint density at radius 3 is 2.53 bits per heavy atom. The van der Waals surface area contributed by atoms with Crippen molar-refractivity contribution in [2.45, 2.75) is 18.7 Å². The van der Waals surface area contributed by atoms with Gasteiger partial charge in [-0.1, -0.05) is 35.8 Å². The van der Waals surface area contributed by atoms with Crippen molar-refractivity contribution in [2.75, 3.05) is 13.1 Å². The summed E-state index contributed by atoms with van der Waals surface area (Å²) in [5.74, 6) is -1.12. The predicted molar refractivity (Wildman–Crippen MR) is 75.4 cm³/mol. The van der Waals surface area contributed by atoms with Crippen molar-refractivity contribution >= 4 is 31.9 Å². The Kier molecular flexibility index (Phi) is 5.51. The van der Waals surface area contributed by atoms with E-state index in [1.54, 1.807) is 12.1 Å². The van der Waals surface area contributed by atoms with E-state index in [1.807, 2.05) is 13.8 Å². The highest BCUT2D eigenvalue weighted by atomic mass is 79.9. The highest BCUT2D eigenvalue weighted by molar-refractivity contribution is 9.10. The third kappa shape index (κ3) is 4.59. The standard InChI is InChI=1S/C12H16BrNO4S/c1-9(2)7-14(8-12(15)16)19(17,18)11-5-3-4-10(13)6-11/h3-6,9H,7-8H2,1-2H3,(H,15,16). The molecule has 0 amide bonds. The molecule has 0 atom stereocenters. The minimum atomic E-state index is -3.79. The van der Waals surface area contributed by atoms with Crippen molar-refractivity contribution < 1.29 is 18.3 Å². The Balaban J connectivity index is 3.15. The molecule has 1 rings (SSSR count). The van der Waals surface area contributed by atoms with Crippen LogP contribution < -0.4 is 0 Å². The monoisotopic (exact) mass is 349 g/mol. The minimum absolute atomic E-state index is 0.0428. The summed E-state index contributed by atoms with van der Waals surface area (Å²) in [5.41, 5.74) is 0. The largest absolute Gasteiger partial charge is 0.480 e. The molecular formula is C12H16BrNO4S. The number of nitrogens with zero attached hydrogens (tertiary/aromatic N) is 1.